The lowest BCUT2D eigenvalue weighted by molar-refractivity contribution is 0.0954. The lowest BCUT2D eigenvalue weighted by atomic mass is 10.1. The Morgan fingerprint density at radius 3 is 2.48 bits per heavy atom. The predicted octanol–water partition coefficient (Wildman–Crippen LogP) is 1.62. The molecule has 1 saturated heterocycles. The monoisotopic (exact) mass is 407 g/mol. The van der Waals surface area contributed by atoms with Crippen LogP contribution in [0.15, 0.2) is 59.5 Å². The minimum Gasteiger partial charge on any atom is -0.352 e. The molecule has 0 bridgehead atoms. The van der Waals surface area contributed by atoms with E-state index in [0.717, 1.165) is 5.56 Å². The van der Waals surface area contributed by atoms with Crippen LogP contribution in [-0.4, -0.2) is 46.0 Å². The van der Waals surface area contributed by atoms with Gasteiger partial charge in [-0.05, 0) is 36.6 Å². The van der Waals surface area contributed by atoms with E-state index >= 15 is 0 Å². The Bertz CT molecular complexity index is 1030. The largest absolute Gasteiger partial charge is 0.352 e. The second kappa shape index (κ2) is 7.82. The smallest absolute Gasteiger partial charge is 0.251 e. The van der Waals surface area contributed by atoms with Gasteiger partial charge in [-0.3, -0.25) is 4.79 Å². The van der Waals surface area contributed by atoms with Gasteiger partial charge < -0.3 is 5.32 Å². The molecular formula is C19H21NO5S2. The lowest BCUT2D eigenvalue weighted by Crippen LogP contribution is -2.26. The molecule has 1 atom stereocenters. The Hall–Kier alpha value is -2.19. The van der Waals surface area contributed by atoms with E-state index < -0.39 is 24.9 Å². The van der Waals surface area contributed by atoms with Crippen molar-refractivity contribution in [2.75, 3.05) is 18.1 Å². The number of benzene rings is 2. The highest BCUT2D eigenvalue weighted by Crippen LogP contribution is 2.25. The van der Waals surface area contributed by atoms with Crippen molar-refractivity contribution in [1.29, 1.82) is 0 Å². The maximum atomic E-state index is 12.7. The summed E-state index contributed by atoms with van der Waals surface area (Å²) in [4.78, 5) is 12.3. The molecule has 1 aliphatic heterocycles. The van der Waals surface area contributed by atoms with Gasteiger partial charge in [0, 0.05) is 12.1 Å². The summed E-state index contributed by atoms with van der Waals surface area (Å²) in [5.41, 5.74) is 1.33. The Labute approximate surface area is 159 Å². The van der Waals surface area contributed by atoms with Gasteiger partial charge in [0.2, 0.25) is 0 Å². The summed E-state index contributed by atoms with van der Waals surface area (Å²) >= 11 is 0. The zero-order chi connectivity index (χ0) is 19.5. The van der Waals surface area contributed by atoms with Crippen molar-refractivity contribution in [1.82, 2.24) is 5.32 Å². The summed E-state index contributed by atoms with van der Waals surface area (Å²) in [6, 6.07) is 15.5. The summed E-state index contributed by atoms with van der Waals surface area (Å²) in [7, 11) is -7.10. The Balaban J connectivity index is 1.68. The maximum absolute atomic E-state index is 12.7. The van der Waals surface area contributed by atoms with E-state index in [1.807, 2.05) is 30.3 Å². The Morgan fingerprint density at radius 2 is 1.81 bits per heavy atom. The molecule has 1 N–H and O–H groups in total. The molecule has 0 saturated carbocycles. The third-order valence-electron chi connectivity index (χ3n) is 4.60. The molecule has 1 heterocycles. The second-order valence-electron chi connectivity index (χ2n) is 6.59. The molecule has 8 heteroatoms. The molecule has 0 aromatic heterocycles. The van der Waals surface area contributed by atoms with Crippen molar-refractivity contribution < 1.29 is 21.6 Å². The first kappa shape index (κ1) is 19.6. The molecule has 1 fully saturated rings. The lowest BCUT2D eigenvalue weighted by Gasteiger charge is -2.11. The molecule has 2 aromatic rings. The van der Waals surface area contributed by atoms with Crippen LogP contribution in [-0.2, 0) is 26.1 Å². The fourth-order valence-corrected chi connectivity index (χ4v) is 7.48. The van der Waals surface area contributed by atoms with Crippen LogP contribution in [0.1, 0.15) is 22.3 Å². The van der Waals surface area contributed by atoms with Gasteiger partial charge in [0.15, 0.2) is 19.7 Å². The van der Waals surface area contributed by atoms with E-state index in [4.69, 9.17) is 0 Å². The highest BCUT2D eigenvalue weighted by molar-refractivity contribution is 7.96. The zero-order valence-electron chi connectivity index (χ0n) is 14.7. The van der Waals surface area contributed by atoms with E-state index in [2.05, 4.69) is 5.32 Å². The van der Waals surface area contributed by atoms with E-state index in [9.17, 15) is 21.6 Å². The number of carbonyl (C=O) groups is 1. The fourth-order valence-electron chi connectivity index (χ4n) is 3.08. The van der Waals surface area contributed by atoms with Crippen LogP contribution < -0.4 is 5.32 Å². The van der Waals surface area contributed by atoms with Gasteiger partial charge in [-0.25, -0.2) is 16.8 Å². The van der Waals surface area contributed by atoms with Gasteiger partial charge in [-0.2, -0.15) is 0 Å². The number of nitrogens with one attached hydrogen (secondary N) is 1. The van der Waals surface area contributed by atoms with Gasteiger partial charge in [0.05, 0.1) is 21.7 Å². The summed E-state index contributed by atoms with van der Waals surface area (Å²) in [6.45, 7) is 0.431. The molecule has 0 spiro atoms. The van der Waals surface area contributed by atoms with Crippen LogP contribution in [0.5, 0.6) is 0 Å². The Morgan fingerprint density at radius 1 is 1.07 bits per heavy atom. The van der Waals surface area contributed by atoms with Gasteiger partial charge in [0.1, 0.15) is 0 Å². The van der Waals surface area contributed by atoms with E-state index in [-0.39, 0.29) is 34.3 Å². The minimum atomic E-state index is -3.79. The molecule has 27 heavy (non-hydrogen) atoms. The van der Waals surface area contributed by atoms with Crippen molar-refractivity contribution in [3.05, 3.63) is 65.7 Å². The number of amides is 1. The second-order valence-corrected chi connectivity index (χ2v) is 11.0. The third-order valence-corrected chi connectivity index (χ3v) is 8.77. The molecule has 1 aliphatic rings. The first-order chi connectivity index (χ1) is 12.8. The van der Waals surface area contributed by atoms with Crippen molar-refractivity contribution in [2.45, 2.75) is 23.0 Å². The number of sulfone groups is 2. The van der Waals surface area contributed by atoms with Gasteiger partial charge in [-0.1, -0.05) is 36.4 Å². The van der Waals surface area contributed by atoms with Gasteiger partial charge >= 0.3 is 0 Å². The highest BCUT2D eigenvalue weighted by Gasteiger charge is 2.38. The van der Waals surface area contributed by atoms with E-state index in [0.29, 0.717) is 13.0 Å². The molecule has 0 aliphatic carbocycles. The summed E-state index contributed by atoms with van der Waals surface area (Å²) in [5.74, 6) is -0.832. The zero-order valence-corrected chi connectivity index (χ0v) is 16.3. The molecule has 2 aromatic carbocycles. The SMILES string of the molecule is O=C(NCCc1ccccc1)c1cccc(S(=O)(=O)[C@@H]2CCS(=O)(=O)C2)c1. The van der Waals surface area contributed by atoms with Crippen LogP contribution in [0.25, 0.3) is 0 Å². The average molecular weight is 408 g/mol. The number of rotatable bonds is 6. The van der Waals surface area contributed by atoms with Crippen LogP contribution >= 0.6 is 0 Å². The Kier molecular flexibility index (Phi) is 5.67. The van der Waals surface area contributed by atoms with Crippen molar-refractivity contribution in [3.63, 3.8) is 0 Å². The molecule has 6 nitrogen and oxygen atoms in total. The summed E-state index contributed by atoms with van der Waals surface area (Å²) < 4.78 is 48.6. The minimum absolute atomic E-state index is 0.0136. The summed E-state index contributed by atoms with van der Waals surface area (Å²) in [6.07, 6.45) is 0.767. The van der Waals surface area contributed by atoms with Gasteiger partial charge in [0.25, 0.3) is 5.91 Å². The van der Waals surface area contributed by atoms with Crippen LogP contribution in [0.4, 0.5) is 0 Å². The predicted molar refractivity (Wildman–Crippen MR) is 103 cm³/mol. The van der Waals surface area contributed by atoms with Crippen LogP contribution in [0.3, 0.4) is 0 Å². The molecule has 3 rings (SSSR count). The molecule has 0 radical (unpaired) electrons. The van der Waals surface area contributed by atoms with Crippen molar-refractivity contribution in [3.8, 4) is 0 Å². The van der Waals surface area contributed by atoms with Crippen molar-refractivity contribution in [2.24, 2.45) is 0 Å². The molecule has 144 valence electrons. The molecular weight excluding hydrogens is 386 g/mol. The number of hydrogen-bond acceptors (Lipinski definition) is 5. The first-order valence-electron chi connectivity index (χ1n) is 8.64. The van der Waals surface area contributed by atoms with Crippen LogP contribution in [0.2, 0.25) is 0 Å². The number of hydrogen-bond donors (Lipinski definition) is 1. The van der Waals surface area contributed by atoms with Crippen LogP contribution in [0, 0.1) is 0 Å². The first-order valence-corrected chi connectivity index (χ1v) is 12.0. The van der Waals surface area contributed by atoms with E-state index in [1.54, 1.807) is 6.07 Å². The quantitative estimate of drug-likeness (QED) is 0.785. The maximum Gasteiger partial charge on any atom is 0.251 e. The average Bonchev–Trinajstić information content (AvgIpc) is 3.03. The summed E-state index contributed by atoms with van der Waals surface area (Å²) in [5, 5.41) is 1.83. The normalized spacial score (nSPS) is 18.9. The highest BCUT2D eigenvalue weighted by atomic mass is 32.2. The van der Waals surface area contributed by atoms with Gasteiger partial charge in [-0.15, -0.1) is 0 Å². The number of carbonyl (C=O) groups excluding carboxylic acids is 1. The van der Waals surface area contributed by atoms with Crippen molar-refractivity contribution >= 4 is 25.6 Å². The fraction of sp³-hybridized carbons (Fsp3) is 0.316. The molecule has 0 unspecified atom stereocenters. The third kappa shape index (κ3) is 4.75. The molecule has 1 amide bonds. The van der Waals surface area contributed by atoms with E-state index in [1.165, 1.54) is 18.2 Å². The topological polar surface area (TPSA) is 97.4 Å². The standard InChI is InChI=1S/C19H21NO5S2/c21-19(20-11-9-15-5-2-1-3-6-15)16-7-4-8-17(13-16)27(24,25)18-10-12-26(22,23)14-18/h1-8,13,18H,9-12,14H2,(H,20,21)/t18-/m1/s1.